The van der Waals surface area contributed by atoms with E-state index in [1.165, 1.54) is 11.3 Å². The Hall–Kier alpha value is -0.430. The van der Waals surface area contributed by atoms with E-state index in [2.05, 4.69) is 17.6 Å². The Morgan fingerprint density at radius 2 is 2.33 bits per heavy atom. The lowest BCUT2D eigenvalue weighted by Crippen LogP contribution is -1.85. The highest BCUT2D eigenvalue weighted by Gasteiger charge is 1.94. The van der Waals surface area contributed by atoms with Crippen LogP contribution in [0.15, 0.2) is 12.3 Å². The first-order valence-corrected chi connectivity index (χ1v) is 3.45. The van der Waals surface area contributed by atoms with Gasteiger partial charge in [-0.1, -0.05) is 0 Å². The standard InChI is InChI=1S/C7H10ClN/c1-6-3-7(4-8)5-9(6)2/h3,5H,4H2,1-2H3. The summed E-state index contributed by atoms with van der Waals surface area (Å²) in [5.41, 5.74) is 2.45. The summed E-state index contributed by atoms with van der Waals surface area (Å²) in [7, 11) is 2.02. The third-order valence-corrected chi connectivity index (χ3v) is 1.77. The summed E-state index contributed by atoms with van der Waals surface area (Å²) in [6, 6.07) is 2.09. The zero-order chi connectivity index (χ0) is 6.85. The molecule has 0 radical (unpaired) electrons. The SMILES string of the molecule is Cc1cc(CCl)cn1C. The van der Waals surface area contributed by atoms with Crippen LogP contribution in [-0.2, 0) is 12.9 Å². The number of alkyl halides is 1. The average molecular weight is 144 g/mol. The van der Waals surface area contributed by atoms with E-state index in [0.717, 1.165) is 0 Å². The molecule has 0 unspecified atom stereocenters. The fraction of sp³-hybridized carbons (Fsp3) is 0.429. The van der Waals surface area contributed by atoms with E-state index in [1.807, 2.05) is 13.2 Å². The fourth-order valence-electron chi connectivity index (χ4n) is 0.831. The molecule has 2 heteroatoms. The molecule has 0 aliphatic rings. The molecule has 0 amide bonds. The summed E-state index contributed by atoms with van der Waals surface area (Å²) in [5, 5.41) is 0. The van der Waals surface area contributed by atoms with Gasteiger partial charge in [-0.25, -0.2) is 0 Å². The van der Waals surface area contributed by atoms with Crippen LogP contribution in [0.1, 0.15) is 11.3 Å². The number of hydrogen-bond acceptors (Lipinski definition) is 0. The molecule has 0 spiro atoms. The molecule has 1 nitrogen and oxygen atoms in total. The van der Waals surface area contributed by atoms with Crippen molar-refractivity contribution < 1.29 is 0 Å². The average Bonchev–Trinajstić information content (AvgIpc) is 2.13. The van der Waals surface area contributed by atoms with Crippen LogP contribution in [0.25, 0.3) is 0 Å². The predicted molar refractivity (Wildman–Crippen MR) is 39.7 cm³/mol. The highest BCUT2D eigenvalue weighted by Crippen LogP contribution is 2.07. The minimum absolute atomic E-state index is 0.613. The molecule has 1 heterocycles. The molecular formula is C7H10ClN. The molecule has 0 saturated heterocycles. The van der Waals surface area contributed by atoms with Crippen LogP contribution in [0.2, 0.25) is 0 Å². The zero-order valence-corrected chi connectivity index (χ0v) is 6.44. The summed E-state index contributed by atoms with van der Waals surface area (Å²) in [5.74, 6) is 0.613. The second kappa shape index (κ2) is 2.44. The van der Waals surface area contributed by atoms with Crippen LogP contribution in [0.4, 0.5) is 0 Å². The molecular weight excluding hydrogens is 134 g/mol. The molecule has 0 N–H and O–H groups in total. The highest BCUT2D eigenvalue weighted by atomic mass is 35.5. The van der Waals surface area contributed by atoms with Crippen LogP contribution in [0, 0.1) is 6.92 Å². The summed E-state index contributed by atoms with van der Waals surface area (Å²) in [6.45, 7) is 2.07. The maximum absolute atomic E-state index is 5.60. The van der Waals surface area contributed by atoms with E-state index in [-0.39, 0.29) is 0 Å². The van der Waals surface area contributed by atoms with Gasteiger partial charge in [0.15, 0.2) is 0 Å². The normalized spacial score (nSPS) is 10.1. The number of rotatable bonds is 1. The van der Waals surface area contributed by atoms with Crippen LogP contribution < -0.4 is 0 Å². The van der Waals surface area contributed by atoms with Gasteiger partial charge in [0.1, 0.15) is 0 Å². The second-order valence-electron chi connectivity index (χ2n) is 2.23. The van der Waals surface area contributed by atoms with E-state index in [0.29, 0.717) is 5.88 Å². The number of aromatic nitrogens is 1. The van der Waals surface area contributed by atoms with Gasteiger partial charge in [0.2, 0.25) is 0 Å². The fourth-order valence-corrected chi connectivity index (χ4v) is 0.977. The lowest BCUT2D eigenvalue weighted by atomic mass is 10.3. The summed E-state index contributed by atoms with van der Waals surface area (Å²) >= 11 is 5.60. The molecule has 1 aromatic rings. The molecule has 0 bridgehead atoms. The predicted octanol–water partition coefficient (Wildman–Crippen LogP) is 2.07. The van der Waals surface area contributed by atoms with Crippen molar-refractivity contribution in [1.29, 1.82) is 0 Å². The van der Waals surface area contributed by atoms with Crippen molar-refractivity contribution in [2.45, 2.75) is 12.8 Å². The Bertz CT molecular complexity index is 183. The molecule has 0 aliphatic carbocycles. The largest absolute Gasteiger partial charge is 0.354 e. The van der Waals surface area contributed by atoms with Crippen molar-refractivity contribution in [3.05, 3.63) is 23.5 Å². The number of aryl methyl sites for hydroxylation is 2. The van der Waals surface area contributed by atoms with Crippen molar-refractivity contribution in [3.63, 3.8) is 0 Å². The van der Waals surface area contributed by atoms with E-state index < -0.39 is 0 Å². The van der Waals surface area contributed by atoms with Crippen LogP contribution in [-0.4, -0.2) is 4.57 Å². The smallest absolute Gasteiger partial charge is 0.0489 e. The summed E-state index contributed by atoms with van der Waals surface area (Å²) in [6.07, 6.45) is 2.04. The first-order chi connectivity index (χ1) is 4.24. The van der Waals surface area contributed by atoms with Gasteiger partial charge < -0.3 is 4.57 Å². The van der Waals surface area contributed by atoms with Gasteiger partial charge >= 0.3 is 0 Å². The maximum Gasteiger partial charge on any atom is 0.0489 e. The minimum Gasteiger partial charge on any atom is -0.354 e. The number of nitrogens with zero attached hydrogens (tertiary/aromatic N) is 1. The Morgan fingerprint density at radius 3 is 2.56 bits per heavy atom. The zero-order valence-electron chi connectivity index (χ0n) is 5.69. The molecule has 1 aromatic heterocycles. The second-order valence-corrected chi connectivity index (χ2v) is 2.50. The van der Waals surface area contributed by atoms with Gasteiger partial charge in [-0.3, -0.25) is 0 Å². The monoisotopic (exact) mass is 143 g/mol. The van der Waals surface area contributed by atoms with Gasteiger partial charge in [-0.05, 0) is 18.6 Å². The number of halogens is 1. The van der Waals surface area contributed by atoms with Gasteiger partial charge in [0, 0.05) is 24.8 Å². The third kappa shape index (κ3) is 1.28. The van der Waals surface area contributed by atoms with Crippen LogP contribution in [0.3, 0.4) is 0 Å². The Kier molecular flexibility index (Phi) is 1.81. The molecule has 0 atom stereocenters. The Balaban J connectivity index is 2.98. The maximum atomic E-state index is 5.60. The molecule has 1 rings (SSSR count). The van der Waals surface area contributed by atoms with Gasteiger partial charge in [-0.15, -0.1) is 11.6 Å². The van der Waals surface area contributed by atoms with Gasteiger partial charge in [0.05, 0.1) is 0 Å². The molecule has 0 saturated carbocycles. The summed E-state index contributed by atoms with van der Waals surface area (Å²) in [4.78, 5) is 0. The van der Waals surface area contributed by atoms with Crippen molar-refractivity contribution in [2.24, 2.45) is 7.05 Å². The highest BCUT2D eigenvalue weighted by molar-refractivity contribution is 6.17. The van der Waals surface area contributed by atoms with Crippen molar-refractivity contribution in [3.8, 4) is 0 Å². The van der Waals surface area contributed by atoms with E-state index >= 15 is 0 Å². The van der Waals surface area contributed by atoms with E-state index in [4.69, 9.17) is 11.6 Å². The lowest BCUT2D eigenvalue weighted by molar-refractivity contribution is 0.880. The van der Waals surface area contributed by atoms with Crippen molar-refractivity contribution >= 4 is 11.6 Å². The minimum atomic E-state index is 0.613. The molecule has 0 aromatic carbocycles. The quantitative estimate of drug-likeness (QED) is 0.531. The lowest BCUT2D eigenvalue weighted by Gasteiger charge is -1.90. The third-order valence-electron chi connectivity index (χ3n) is 1.46. The molecule has 0 aliphatic heterocycles. The van der Waals surface area contributed by atoms with E-state index in [1.54, 1.807) is 0 Å². The van der Waals surface area contributed by atoms with Crippen molar-refractivity contribution in [2.75, 3.05) is 0 Å². The van der Waals surface area contributed by atoms with Gasteiger partial charge in [-0.2, -0.15) is 0 Å². The number of hydrogen-bond donors (Lipinski definition) is 0. The van der Waals surface area contributed by atoms with Crippen LogP contribution >= 0.6 is 11.6 Å². The van der Waals surface area contributed by atoms with E-state index in [9.17, 15) is 0 Å². The molecule has 50 valence electrons. The summed E-state index contributed by atoms with van der Waals surface area (Å²) < 4.78 is 2.07. The molecule has 0 fully saturated rings. The van der Waals surface area contributed by atoms with Crippen LogP contribution in [0.5, 0.6) is 0 Å². The van der Waals surface area contributed by atoms with Crippen molar-refractivity contribution in [1.82, 2.24) is 4.57 Å². The van der Waals surface area contributed by atoms with Gasteiger partial charge in [0.25, 0.3) is 0 Å². The Labute approximate surface area is 60.2 Å². The topological polar surface area (TPSA) is 4.93 Å². The first-order valence-electron chi connectivity index (χ1n) is 2.92. The first kappa shape index (κ1) is 6.69. The Morgan fingerprint density at radius 1 is 1.67 bits per heavy atom. The molecule has 9 heavy (non-hydrogen) atoms.